The average molecular weight is 482 g/mol. The number of aryl methyl sites for hydroxylation is 1. The van der Waals surface area contributed by atoms with E-state index in [9.17, 15) is 13.2 Å². The highest BCUT2D eigenvalue weighted by Crippen LogP contribution is 2.39. The van der Waals surface area contributed by atoms with Crippen molar-refractivity contribution < 1.29 is 17.9 Å². The van der Waals surface area contributed by atoms with Gasteiger partial charge in [0, 0.05) is 19.7 Å². The Kier molecular flexibility index (Phi) is 6.20. The number of carbonyl (C=O) groups excluding carboxylic acids is 1. The lowest BCUT2D eigenvalue weighted by molar-refractivity contribution is 0.0998. The number of fused-ring (bicyclic) bond motifs is 1. The fraction of sp³-hybridized carbons (Fsp3) is 0.167. The van der Waals surface area contributed by atoms with Gasteiger partial charge in [-0.15, -0.1) is 0 Å². The SMILES string of the molecule is COc1ccc(C)cc1N(C(=O)c1cccc(S(=O)(=O)N(C)C)c1)c1nc2ccccc2s1. The Balaban J connectivity index is 1.91. The first-order chi connectivity index (χ1) is 15.7. The molecule has 9 heteroatoms. The van der Waals surface area contributed by atoms with Gasteiger partial charge in [0.25, 0.3) is 5.91 Å². The maximum Gasteiger partial charge on any atom is 0.264 e. The average Bonchev–Trinajstić information content (AvgIpc) is 3.23. The van der Waals surface area contributed by atoms with Crippen LogP contribution in [0.1, 0.15) is 15.9 Å². The second-order valence-corrected chi connectivity index (χ2v) is 10.8. The van der Waals surface area contributed by atoms with Crippen LogP contribution in [-0.4, -0.2) is 44.8 Å². The molecule has 1 heterocycles. The third-order valence-corrected chi connectivity index (χ3v) is 7.94. The van der Waals surface area contributed by atoms with Gasteiger partial charge in [0.15, 0.2) is 5.13 Å². The molecule has 170 valence electrons. The minimum absolute atomic E-state index is 0.0406. The van der Waals surface area contributed by atoms with Gasteiger partial charge in [-0.1, -0.05) is 35.6 Å². The predicted molar refractivity (Wildman–Crippen MR) is 131 cm³/mol. The third-order valence-electron chi connectivity index (χ3n) is 5.11. The number of anilines is 2. The highest BCUT2D eigenvalue weighted by Gasteiger charge is 2.27. The van der Waals surface area contributed by atoms with Gasteiger partial charge in [0.2, 0.25) is 10.0 Å². The van der Waals surface area contributed by atoms with Gasteiger partial charge >= 0.3 is 0 Å². The first-order valence-corrected chi connectivity index (χ1v) is 12.4. The fourth-order valence-electron chi connectivity index (χ4n) is 3.36. The van der Waals surface area contributed by atoms with Gasteiger partial charge in [-0.25, -0.2) is 22.6 Å². The van der Waals surface area contributed by atoms with Crippen molar-refractivity contribution in [2.75, 3.05) is 26.1 Å². The molecule has 0 saturated heterocycles. The summed E-state index contributed by atoms with van der Waals surface area (Å²) < 4.78 is 32.9. The molecule has 0 atom stereocenters. The number of hydrogen-bond acceptors (Lipinski definition) is 6. The molecule has 1 aromatic heterocycles. The van der Waals surface area contributed by atoms with Crippen LogP contribution in [0.4, 0.5) is 10.8 Å². The van der Waals surface area contributed by atoms with E-state index in [1.165, 1.54) is 42.5 Å². The van der Waals surface area contributed by atoms with Crippen LogP contribution < -0.4 is 9.64 Å². The monoisotopic (exact) mass is 481 g/mol. The molecule has 0 aliphatic heterocycles. The van der Waals surface area contributed by atoms with Crippen LogP contribution in [0.25, 0.3) is 10.2 Å². The molecule has 7 nitrogen and oxygen atoms in total. The largest absolute Gasteiger partial charge is 0.495 e. The predicted octanol–water partition coefficient (Wildman–Crippen LogP) is 4.84. The van der Waals surface area contributed by atoms with Crippen molar-refractivity contribution in [3.8, 4) is 5.75 Å². The van der Waals surface area contributed by atoms with Crippen molar-refractivity contribution in [2.45, 2.75) is 11.8 Å². The smallest absolute Gasteiger partial charge is 0.264 e. The second-order valence-electron chi connectivity index (χ2n) is 7.60. The summed E-state index contributed by atoms with van der Waals surface area (Å²) in [6.07, 6.45) is 0. The van der Waals surface area contributed by atoms with Crippen LogP contribution in [0, 0.1) is 6.92 Å². The van der Waals surface area contributed by atoms with E-state index in [1.807, 2.05) is 43.3 Å². The van der Waals surface area contributed by atoms with Crippen molar-refractivity contribution >= 4 is 48.3 Å². The molecule has 0 aliphatic rings. The van der Waals surface area contributed by atoms with Crippen LogP contribution in [0.3, 0.4) is 0 Å². The van der Waals surface area contributed by atoms with Crippen LogP contribution in [0.2, 0.25) is 0 Å². The molecule has 1 amide bonds. The van der Waals surface area contributed by atoms with E-state index in [0.29, 0.717) is 16.6 Å². The summed E-state index contributed by atoms with van der Waals surface area (Å²) in [5.74, 6) is 0.0963. The Bertz CT molecular complexity index is 1410. The van der Waals surface area contributed by atoms with Crippen LogP contribution in [-0.2, 0) is 10.0 Å². The Morgan fingerprint density at radius 2 is 1.76 bits per heavy atom. The van der Waals surface area contributed by atoms with Crippen molar-refractivity contribution in [1.82, 2.24) is 9.29 Å². The molecule has 0 saturated carbocycles. The summed E-state index contributed by atoms with van der Waals surface area (Å²) in [4.78, 5) is 20.1. The Morgan fingerprint density at radius 1 is 1.00 bits per heavy atom. The second kappa shape index (κ2) is 8.93. The number of rotatable bonds is 6. The molecule has 0 bridgehead atoms. The standard InChI is InChI=1S/C24H23N3O4S2/c1-16-12-13-21(31-4)20(14-16)27(24-25-19-10-5-6-11-22(19)32-24)23(28)17-8-7-9-18(15-17)33(29,30)26(2)3/h5-15H,1-4H3. The lowest BCUT2D eigenvalue weighted by Crippen LogP contribution is -2.27. The fourth-order valence-corrected chi connectivity index (χ4v) is 5.29. The van der Waals surface area contributed by atoms with Crippen molar-refractivity contribution in [3.05, 3.63) is 77.9 Å². The number of nitrogens with zero attached hydrogens (tertiary/aromatic N) is 3. The summed E-state index contributed by atoms with van der Waals surface area (Å²) in [7, 11) is 0.745. The molecular formula is C24H23N3O4S2. The molecular weight excluding hydrogens is 458 g/mol. The van der Waals surface area contributed by atoms with E-state index >= 15 is 0 Å². The van der Waals surface area contributed by atoms with E-state index < -0.39 is 15.9 Å². The molecule has 0 spiro atoms. The first-order valence-electron chi connectivity index (χ1n) is 10.1. The molecule has 3 aromatic carbocycles. The maximum atomic E-state index is 13.9. The number of sulfonamides is 1. The zero-order valence-electron chi connectivity index (χ0n) is 18.6. The number of benzene rings is 3. The lowest BCUT2D eigenvalue weighted by atomic mass is 10.1. The maximum absolute atomic E-state index is 13.9. The van der Waals surface area contributed by atoms with E-state index in [2.05, 4.69) is 4.98 Å². The van der Waals surface area contributed by atoms with Gasteiger partial charge in [-0.05, 0) is 55.0 Å². The zero-order chi connectivity index (χ0) is 23.8. The van der Waals surface area contributed by atoms with Gasteiger partial charge in [-0.3, -0.25) is 4.79 Å². The van der Waals surface area contributed by atoms with Gasteiger partial charge in [0.05, 0.1) is 27.9 Å². The van der Waals surface area contributed by atoms with E-state index in [4.69, 9.17) is 4.74 Å². The third kappa shape index (κ3) is 4.35. The number of carbonyl (C=O) groups is 1. The van der Waals surface area contributed by atoms with Crippen LogP contribution in [0.5, 0.6) is 5.75 Å². The number of ether oxygens (including phenoxy) is 1. The first kappa shape index (κ1) is 22.9. The molecule has 33 heavy (non-hydrogen) atoms. The Morgan fingerprint density at radius 3 is 2.45 bits per heavy atom. The molecule has 0 unspecified atom stereocenters. The summed E-state index contributed by atoms with van der Waals surface area (Å²) in [5.41, 5.74) is 2.46. The number of methoxy groups -OCH3 is 1. The molecule has 4 aromatic rings. The summed E-state index contributed by atoms with van der Waals surface area (Å²) in [6, 6.07) is 19.2. The van der Waals surface area contributed by atoms with Gasteiger partial charge < -0.3 is 4.74 Å². The normalized spacial score (nSPS) is 11.7. The molecule has 0 fully saturated rings. The minimum atomic E-state index is -3.70. The number of thiazole rings is 1. The number of para-hydroxylation sites is 1. The Labute approximate surface area is 196 Å². The number of amides is 1. The van der Waals surface area contributed by atoms with E-state index in [1.54, 1.807) is 25.3 Å². The van der Waals surface area contributed by atoms with Crippen LogP contribution >= 0.6 is 11.3 Å². The summed E-state index contributed by atoms with van der Waals surface area (Å²) in [6.45, 7) is 1.92. The van der Waals surface area contributed by atoms with E-state index in [0.717, 1.165) is 20.1 Å². The molecule has 0 radical (unpaired) electrons. The topological polar surface area (TPSA) is 79.8 Å². The Hall–Kier alpha value is -3.27. The number of aromatic nitrogens is 1. The number of hydrogen-bond donors (Lipinski definition) is 0. The lowest BCUT2D eigenvalue weighted by Gasteiger charge is -2.23. The molecule has 0 N–H and O–H groups in total. The van der Waals surface area contributed by atoms with Crippen molar-refractivity contribution in [2.24, 2.45) is 0 Å². The molecule has 4 rings (SSSR count). The van der Waals surface area contributed by atoms with Gasteiger partial charge in [-0.2, -0.15) is 0 Å². The quantitative estimate of drug-likeness (QED) is 0.394. The summed E-state index contributed by atoms with van der Waals surface area (Å²) in [5, 5.41) is 0.464. The summed E-state index contributed by atoms with van der Waals surface area (Å²) >= 11 is 1.37. The highest BCUT2D eigenvalue weighted by molar-refractivity contribution is 7.89. The minimum Gasteiger partial charge on any atom is -0.495 e. The van der Waals surface area contributed by atoms with Crippen molar-refractivity contribution in [3.63, 3.8) is 0 Å². The van der Waals surface area contributed by atoms with Crippen LogP contribution in [0.15, 0.2) is 71.6 Å². The zero-order valence-corrected chi connectivity index (χ0v) is 20.3. The van der Waals surface area contributed by atoms with Crippen molar-refractivity contribution in [1.29, 1.82) is 0 Å². The highest BCUT2D eigenvalue weighted by atomic mass is 32.2. The molecule has 0 aliphatic carbocycles. The van der Waals surface area contributed by atoms with Gasteiger partial charge in [0.1, 0.15) is 5.75 Å². The van der Waals surface area contributed by atoms with E-state index in [-0.39, 0.29) is 10.5 Å².